The lowest BCUT2D eigenvalue weighted by Gasteiger charge is -1.90. The zero-order chi connectivity index (χ0) is 11.0. The second-order valence-corrected chi connectivity index (χ2v) is 3.98. The van der Waals surface area contributed by atoms with Crippen LogP contribution in [0.15, 0.2) is 15.8 Å². The van der Waals surface area contributed by atoms with Gasteiger partial charge in [-0.15, -0.1) is 0 Å². The first kappa shape index (κ1) is 9.78. The van der Waals surface area contributed by atoms with E-state index in [0.29, 0.717) is 5.69 Å². The summed E-state index contributed by atoms with van der Waals surface area (Å²) < 4.78 is 1.28. The van der Waals surface area contributed by atoms with Crippen LogP contribution < -0.4 is 10.9 Å². The Bertz CT molecular complexity index is 525. The molecule has 1 aromatic heterocycles. The molecule has 1 saturated heterocycles. The maximum absolute atomic E-state index is 11.2. The molecule has 2 N–H and O–H groups in total. The van der Waals surface area contributed by atoms with Crippen molar-refractivity contribution in [3.63, 3.8) is 0 Å². The normalized spacial score (nSPS) is 18.6. The minimum atomic E-state index is -0.435. The Labute approximate surface area is 88.3 Å². The summed E-state index contributed by atoms with van der Waals surface area (Å²) in [6.07, 6.45) is 1.46. The van der Waals surface area contributed by atoms with Gasteiger partial charge in [0, 0.05) is 13.1 Å². The lowest BCUT2D eigenvalue weighted by atomic mass is 10.3. The first-order valence-electron chi connectivity index (χ1n) is 4.07. The molecule has 2 rings (SSSR count). The van der Waals surface area contributed by atoms with Crippen molar-refractivity contribution >= 4 is 29.0 Å². The number of aromatic amines is 1. The summed E-state index contributed by atoms with van der Waals surface area (Å²) in [5.41, 5.74) is 0.298. The number of carbonyl (C=O) groups excluding carboxylic acids is 2. The Morgan fingerprint density at radius 2 is 2.13 bits per heavy atom. The van der Waals surface area contributed by atoms with Gasteiger partial charge in [0.15, 0.2) is 0 Å². The lowest BCUT2D eigenvalue weighted by molar-refractivity contribution is -0.115. The van der Waals surface area contributed by atoms with Gasteiger partial charge >= 0.3 is 0 Å². The van der Waals surface area contributed by atoms with Gasteiger partial charge in [0.05, 0.1) is 10.6 Å². The smallest absolute Gasteiger partial charge is 0.290 e. The van der Waals surface area contributed by atoms with Crippen LogP contribution in [0.25, 0.3) is 6.08 Å². The van der Waals surface area contributed by atoms with E-state index in [1.807, 2.05) is 0 Å². The minimum absolute atomic E-state index is 0.198. The third kappa shape index (κ3) is 1.86. The Balaban J connectivity index is 2.34. The number of rotatable bonds is 1. The Kier molecular flexibility index (Phi) is 2.24. The molecule has 0 aromatic carbocycles. The Morgan fingerprint density at radius 1 is 1.40 bits per heavy atom. The maximum Gasteiger partial charge on any atom is 0.290 e. The van der Waals surface area contributed by atoms with Crippen LogP contribution in [0.1, 0.15) is 5.69 Å². The standard InChI is InChI=1S/C8H7N3O3S/c1-11-6(12)3-4(10-11)2-5-7(13)9-8(14)15-5/h2-3,10H,1H3,(H,9,13,14)/b5-2-. The van der Waals surface area contributed by atoms with Crippen LogP contribution in [0.3, 0.4) is 0 Å². The van der Waals surface area contributed by atoms with E-state index in [0.717, 1.165) is 11.8 Å². The van der Waals surface area contributed by atoms with Crippen molar-refractivity contribution in [2.45, 2.75) is 0 Å². The van der Waals surface area contributed by atoms with Crippen LogP contribution in [0.5, 0.6) is 0 Å². The van der Waals surface area contributed by atoms with E-state index < -0.39 is 11.1 Å². The van der Waals surface area contributed by atoms with Crippen molar-refractivity contribution in [2.24, 2.45) is 7.05 Å². The zero-order valence-corrected chi connectivity index (χ0v) is 8.55. The molecule has 0 aliphatic carbocycles. The van der Waals surface area contributed by atoms with Gasteiger partial charge < -0.3 is 0 Å². The van der Waals surface area contributed by atoms with Crippen molar-refractivity contribution < 1.29 is 9.59 Å². The summed E-state index contributed by atoms with van der Waals surface area (Å²) in [6.45, 7) is 0. The number of nitrogens with one attached hydrogen (secondary N) is 2. The minimum Gasteiger partial charge on any atom is -0.296 e. The molecule has 6 nitrogen and oxygen atoms in total. The summed E-state index contributed by atoms with van der Waals surface area (Å²) in [5.74, 6) is -0.435. The molecule has 0 saturated carbocycles. The van der Waals surface area contributed by atoms with Gasteiger partial charge in [0.25, 0.3) is 16.7 Å². The molecular formula is C8H7N3O3S. The van der Waals surface area contributed by atoms with Crippen LogP contribution in [0.4, 0.5) is 4.79 Å². The van der Waals surface area contributed by atoms with Gasteiger partial charge in [-0.2, -0.15) is 0 Å². The number of imide groups is 1. The first-order chi connectivity index (χ1) is 7.06. The highest BCUT2D eigenvalue weighted by atomic mass is 32.2. The van der Waals surface area contributed by atoms with E-state index in [9.17, 15) is 14.4 Å². The number of carbonyl (C=O) groups is 2. The lowest BCUT2D eigenvalue weighted by Crippen LogP contribution is -2.17. The van der Waals surface area contributed by atoms with Crippen molar-refractivity contribution in [2.75, 3.05) is 0 Å². The van der Waals surface area contributed by atoms with E-state index in [-0.39, 0.29) is 10.5 Å². The molecule has 0 bridgehead atoms. The van der Waals surface area contributed by atoms with E-state index in [2.05, 4.69) is 10.4 Å². The fraction of sp³-hybridized carbons (Fsp3) is 0.125. The number of aryl methyl sites for hydroxylation is 1. The largest absolute Gasteiger partial charge is 0.296 e. The van der Waals surface area contributed by atoms with Crippen LogP contribution in [0, 0.1) is 0 Å². The molecule has 78 valence electrons. The second kappa shape index (κ2) is 3.43. The van der Waals surface area contributed by atoms with Crippen LogP contribution >= 0.6 is 11.8 Å². The van der Waals surface area contributed by atoms with Gasteiger partial charge in [-0.1, -0.05) is 0 Å². The summed E-state index contributed by atoms with van der Waals surface area (Å²) in [7, 11) is 1.57. The zero-order valence-electron chi connectivity index (χ0n) is 7.73. The predicted molar refractivity (Wildman–Crippen MR) is 55.1 cm³/mol. The highest BCUT2D eigenvalue weighted by Crippen LogP contribution is 2.24. The number of hydrogen-bond donors (Lipinski definition) is 2. The Hall–Kier alpha value is -1.76. The van der Waals surface area contributed by atoms with E-state index in [4.69, 9.17) is 0 Å². The fourth-order valence-electron chi connectivity index (χ4n) is 1.15. The van der Waals surface area contributed by atoms with Gasteiger partial charge in [0.2, 0.25) is 0 Å². The molecule has 1 aliphatic rings. The molecule has 1 aliphatic heterocycles. The molecule has 15 heavy (non-hydrogen) atoms. The van der Waals surface area contributed by atoms with Crippen molar-refractivity contribution in [3.05, 3.63) is 27.0 Å². The average molecular weight is 225 g/mol. The molecule has 1 fully saturated rings. The first-order valence-corrected chi connectivity index (χ1v) is 4.89. The van der Waals surface area contributed by atoms with Gasteiger partial charge in [-0.3, -0.25) is 29.5 Å². The molecule has 2 amide bonds. The number of hydrogen-bond acceptors (Lipinski definition) is 4. The summed E-state index contributed by atoms with van der Waals surface area (Å²) >= 11 is 0.814. The molecule has 7 heteroatoms. The number of H-pyrrole nitrogens is 1. The predicted octanol–water partition coefficient (Wildman–Crippen LogP) is 0.0373. The van der Waals surface area contributed by atoms with Crippen molar-refractivity contribution in [1.29, 1.82) is 0 Å². The van der Waals surface area contributed by atoms with Crippen molar-refractivity contribution in [3.8, 4) is 0 Å². The van der Waals surface area contributed by atoms with E-state index >= 15 is 0 Å². The third-order valence-corrected chi connectivity index (χ3v) is 2.65. The highest BCUT2D eigenvalue weighted by molar-refractivity contribution is 8.18. The SMILES string of the molecule is Cn1[nH]c(/C=C2\SC(=O)NC2=O)cc1=O. The topological polar surface area (TPSA) is 84.0 Å². The third-order valence-electron chi connectivity index (χ3n) is 1.83. The summed E-state index contributed by atoms with van der Waals surface area (Å²) in [4.78, 5) is 33.4. The quantitative estimate of drug-likeness (QED) is 0.661. The van der Waals surface area contributed by atoms with E-state index in [1.165, 1.54) is 16.8 Å². The molecule has 0 radical (unpaired) electrons. The maximum atomic E-state index is 11.2. The van der Waals surface area contributed by atoms with Gasteiger partial charge in [-0.25, -0.2) is 0 Å². The van der Waals surface area contributed by atoms with Gasteiger partial charge in [0.1, 0.15) is 0 Å². The molecule has 0 spiro atoms. The average Bonchev–Trinajstić information content (AvgIpc) is 2.59. The molecule has 0 unspecified atom stereocenters. The number of amides is 2. The highest BCUT2D eigenvalue weighted by Gasteiger charge is 2.25. The molecular weight excluding hydrogens is 218 g/mol. The number of aromatic nitrogens is 2. The van der Waals surface area contributed by atoms with Crippen molar-refractivity contribution in [1.82, 2.24) is 15.1 Å². The summed E-state index contributed by atoms with van der Waals surface area (Å²) in [6, 6.07) is 1.35. The summed E-state index contributed by atoms with van der Waals surface area (Å²) in [5, 5.41) is 4.46. The van der Waals surface area contributed by atoms with Crippen LogP contribution in [-0.2, 0) is 11.8 Å². The second-order valence-electron chi connectivity index (χ2n) is 2.96. The molecule has 2 heterocycles. The number of thioether (sulfide) groups is 1. The molecule has 1 aromatic rings. The van der Waals surface area contributed by atoms with E-state index in [1.54, 1.807) is 7.05 Å². The Morgan fingerprint density at radius 3 is 2.60 bits per heavy atom. The molecule has 0 atom stereocenters. The van der Waals surface area contributed by atoms with Gasteiger partial charge in [-0.05, 0) is 17.8 Å². The monoisotopic (exact) mass is 225 g/mol. The fourth-order valence-corrected chi connectivity index (χ4v) is 1.82. The van der Waals surface area contributed by atoms with Crippen LogP contribution in [-0.4, -0.2) is 20.9 Å². The van der Waals surface area contributed by atoms with Crippen LogP contribution in [0.2, 0.25) is 0 Å². The number of nitrogens with zero attached hydrogens (tertiary/aromatic N) is 1.